The van der Waals surface area contributed by atoms with Gasteiger partial charge in [0.2, 0.25) is 0 Å². The van der Waals surface area contributed by atoms with E-state index in [0.29, 0.717) is 18.3 Å². The number of hydrogen-bond acceptors (Lipinski definition) is 4. The number of carboxylic acids is 1. The summed E-state index contributed by atoms with van der Waals surface area (Å²) < 4.78 is 0. The maximum absolute atomic E-state index is 11.6. The fraction of sp³-hybridized carbons (Fsp3) is 0.462. The number of rotatable bonds is 6. The van der Waals surface area contributed by atoms with Crippen molar-refractivity contribution in [3.63, 3.8) is 0 Å². The number of hydrogen-bond donors (Lipinski definition) is 3. The first-order valence-electron chi connectivity index (χ1n) is 6.34. The molecule has 3 N–H and O–H groups in total. The lowest BCUT2D eigenvalue weighted by Crippen LogP contribution is -2.37. The van der Waals surface area contributed by atoms with Gasteiger partial charge in [0.25, 0.3) is 0 Å². The minimum Gasteiger partial charge on any atom is -0.477 e. The molecular formula is C13H20N4O3. The summed E-state index contributed by atoms with van der Waals surface area (Å²) in [6, 6.07) is 2.92. The van der Waals surface area contributed by atoms with E-state index in [0.717, 1.165) is 6.54 Å². The van der Waals surface area contributed by atoms with Crippen molar-refractivity contribution in [2.24, 2.45) is 0 Å². The lowest BCUT2D eigenvalue weighted by molar-refractivity contribution is 0.0690. The number of likely N-dealkylation sites (N-methyl/N-ethyl adjacent to an activating group) is 1. The summed E-state index contributed by atoms with van der Waals surface area (Å²) >= 11 is 0. The van der Waals surface area contributed by atoms with Crippen LogP contribution in [0, 0.1) is 0 Å². The Morgan fingerprint density at radius 2 is 2.10 bits per heavy atom. The third-order valence-electron chi connectivity index (χ3n) is 2.87. The zero-order valence-corrected chi connectivity index (χ0v) is 11.9. The maximum atomic E-state index is 11.6. The van der Waals surface area contributed by atoms with Crippen LogP contribution in [0.4, 0.5) is 10.5 Å². The first-order chi connectivity index (χ1) is 9.40. The van der Waals surface area contributed by atoms with Crippen LogP contribution in [0.1, 0.15) is 24.3 Å². The van der Waals surface area contributed by atoms with Gasteiger partial charge < -0.3 is 20.6 Å². The second-order valence-corrected chi connectivity index (χ2v) is 4.69. The number of aromatic nitrogens is 1. The zero-order valence-electron chi connectivity index (χ0n) is 11.9. The lowest BCUT2D eigenvalue weighted by atomic mass is 10.3. The molecular weight excluding hydrogens is 260 g/mol. The van der Waals surface area contributed by atoms with E-state index < -0.39 is 5.97 Å². The predicted octanol–water partition coefficient (Wildman–Crippen LogP) is 1.24. The summed E-state index contributed by atoms with van der Waals surface area (Å²) in [7, 11) is 1.98. The van der Waals surface area contributed by atoms with Gasteiger partial charge in [0, 0.05) is 19.1 Å². The van der Waals surface area contributed by atoms with Crippen molar-refractivity contribution in [3.8, 4) is 0 Å². The van der Waals surface area contributed by atoms with Gasteiger partial charge in [-0.15, -0.1) is 0 Å². The van der Waals surface area contributed by atoms with E-state index in [1.807, 2.05) is 7.05 Å². The lowest BCUT2D eigenvalue weighted by Gasteiger charge is -2.20. The van der Waals surface area contributed by atoms with Gasteiger partial charge in [-0.05, 0) is 33.0 Å². The fourth-order valence-electron chi connectivity index (χ4n) is 1.37. The van der Waals surface area contributed by atoms with Crippen LogP contribution < -0.4 is 10.6 Å². The van der Waals surface area contributed by atoms with Gasteiger partial charge in [-0.2, -0.15) is 0 Å². The molecule has 1 rings (SSSR count). The second kappa shape index (κ2) is 7.44. The molecule has 20 heavy (non-hydrogen) atoms. The van der Waals surface area contributed by atoms with E-state index in [2.05, 4.69) is 34.4 Å². The average Bonchev–Trinajstić information content (AvgIpc) is 2.39. The highest BCUT2D eigenvalue weighted by Crippen LogP contribution is 2.05. The molecule has 7 nitrogen and oxygen atoms in total. The minimum absolute atomic E-state index is 0.0606. The molecule has 0 unspecified atom stereocenters. The van der Waals surface area contributed by atoms with Crippen LogP contribution in [-0.2, 0) is 0 Å². The number of nitrogens with zero attached hydrogens (tertiary/aromatic N) is 2. The van der Waals surface area contributed by atoms with Crippen molar-refractivity contribution in [2.75, 3.05) is 25.5 Å². The Balaban J connectivity index is 2.37. The molecule has 0 bridgehead atoms. The number of carboxylic acid groups (broad SMARTS) is 1. The molecule has 0 aliphatic heterocycles. The average molecular weight is 280 g/mol. The van der Waals surface area contributed by atoms with Crippen LogP contribution in [0.3, 0.4) is 0 Å². The van der Waals surface area contributed by atoms with Crippen LogP contribution in [0.2, 0.25) is 0 Å². The Bertz CT molecular complexity index is 459. The maximum Gasteiger partial charge on any atom is 0.354 e. The molecule has 1 aromatic heterocycles. The smallest absolute Gasteiger partial charge is 0.354 e. The molecule has 0 spiro atoms. The monoisotopic (exact) mass is 280 g/mol. The summed E-state index contributed by atoms with van der Waals surface area (Å²) in [5.41, 5.74) is 0.388. The zero-order chi connectivity index (χ0) is 15.1. The van der Waals surface area contributed by atoms with Crippen molar-refractivity contribution < 1.29 is 14.7 Å². The van der Waals surface area contributed by atoms with Gasteiger partial charge in [-0.1, -0.05) is 0 Å². The Morgan fingerprint density at radius 3 is 2.60 bits per heavy atom. The molecule has 0 atom stereocenters. The van der Waals surface area contributed by atoms with E-state index in [4.69, 9.17) is 5.11 Å². The molecule has 1 heterocycles. The summed E-state index contributed by atoms with van der Waals surface area (Å²) in [4.78, 5) is 28.1. The van der Waals surface area contributed by atoms with Crippen LogP contribution in [0.15, 0.2) is 18.3 Å². The van der Waals surface area contributed by atoms with Crippen LogP contribution in [0.25, 0.3) is 0 Å². The third kappa shape index (κ3) is 5.23. The number of carbonyl (C=O) groups excluding carboxylic acids is 1. The summed E-state index contributed by atoms with van der Waals surface area (Å²) in [6.45, 7) is 5.44. The largest absolute Gasteiger partial charge is 0.477 e. The second-order valence-electron chi connectivity index (χ2n) is 4.69. The number of nitrogens with one attached hydrogen (secondary N) is 2. The first kappa shape index (κ1) is 15.9. The number of carbonyl (C=O) groups is 2. The van der Waals surface area contributed by atoms with E-state index >= 15 is 0 Å². The Hall–Kier alpha value is -2.15. The van der Waals surface area contributed by atoms with E-state index in [1.165, 1.54) is 18.3 Å². The Kier molecular flexibility index (Phi) is 5.92. The van der Waals surface area contributed by atoms with Crippen molar-refractivity contribution in [2.45, 2.75) is 19.9 Å². The van der Waals surface area contributed by atoms with Crippen molar-refractivity contribution in [1.29, 1.82) is 0 Å². The topological polar surface area (TPSA) is 94.6 Å². The van der Waals surface area contributed by atoms with E-state index in [-0.39, 0.29) is 11.7 Å². The quantitative estimate of drug-likeness (QED) is 0.729. The molecule has 0 aromatic carbocycles. The molecule has 0 saturated heterocycles. The third-order valence-corrected chi connectivity index (χ3v) is 2.87. The Labute approximate surface area is 118 Å². The van der Waals surface area contributed by atoms with Gasteiger partial charge in [-0.3, -0.25) is 0 Å². The molecule has 2 amide bonds. The van der Waals surface area contributed by atoms with Gasteiger partial charge in [0.1, 0.15) is 5.69 Å². The van der Waals surface area contributed by atoms with Crippen molar-refractivity contribution >= 4 is 17.7 Å². The van der Waals surface area contributed by atoms with E-state index in [9.17, 15) is 9.59 Å². The molecule has 110 valence electrons. The molecule has 7 heteroatoms. The highest BCUT2D eigenvalue weighted by molar-refractivity contribution is 5.90. The van der Waals surface area contributed by atoms with Crippen LogP contribution >= 0.6 is 0 Å². The number of anilines is 1. The number of urea groups is 1. The van der Waals surface area contributed by atoms with Crippen LogP contribution in [0.5, 0.6) is 0 Å². The van der Waals surface area contributed by atoms with Crippen molar-refractivity contribution in [3.05, 3.63) is 24.0 Å². The highest BCUT2D eigenvalue weighted by Gasteiger charge is 2.07. The summed E-state index contributed by atoms with van der Waals surface area (Å²) in [6.07, 6.45) is 1.31. The molecule has 0 aliphatic rings. The summed E-state index contributed by atoms with van der Waals surface area (Å²) in [5.74, 6) is -1.10. The van der Waals surface area contributed by atoms with E-state index in [1.54, 1.807) is 0 Å². The molecule has 1 aromatic rings. The SMILES string of the molecule is CC(C)N(C)CCNC(=O)Nc1ccc(C(=O)O)nc1. The predicted molar refractivity (Wildman–Crippen MR) is 76.0 cm³/mol. The van der Waals surface area contributed by atoms with Crippen LogP contribution in [-0.4, -0.2) is 53.2 Å². The Morgan fingerprint density at radius 1 is 1.40 bits per heavy atom. The number of aromatic carboxylic acids is 1. The first-order valence-corrected chi connectivity index (χ1v) is 6.34. The molecule has 0 aliphatic carbocycles. The molecule has 0 fully saturated rings. The summed E-state index contributed by atoms with van der Waals surface area (Å²) in [5, 5.41) is 14.0. The van der Waals surface area contributed by atoms with Gasteiger partial charge in [0.05, 0.1) is 11.9 Å². The molecule has 0 radical (unpaired) electrons. The van der Waals surface area contributed by atoms with Gasteiger partial charge in [0.15, 0.2) is 0 Å². The number of pyridine rings is 1. The number of amides is 2. The molecule has 0 saturated carbocycles. The van der Waals surface area contributed by atoms with Gasteiger partial charge >= 0.3 is 12.0 Å². The van der Waals surface area contributed by atoms with Gasteiger partial charge in [-0.25, -0.2) is 14.6 Å². The highest BCUT2D eigenvalue weighted by atomic mass is 16.4. The fourth-order valence-corrected chi connectivity index (χ4v) is 1.37. The minimum atomic E-state index is -1.10. The standard InChI is InChI=1S/C13H20N4O3/c1-9(2)17(3)7-6-14-13(20)16-10-4-5-11(12(18)19)15-8-10/h4-5,8-9H,6-7H2,1-3H3,(H,18,19)(H2,14,16,20). The van der Waals surface area contributed by atoms with Crippen molar-refractivity contribution in [1.82, 2.24) is 15.2 Å². The normalized spacial score (nSPS) is 10.7.